The van der Waals surface area contributed by atoms with Gasteiger partial charge in [-0.3, -0.25) is 14.4 Å². The van der Waals surface area contributed by atoms with E-state index in [1.165, 1.54) is 24.4 Å². The first kappa shape index (κ1) is 17.8. The van der Waals surface area contributed by atoms with Gasteiger partial charge in [-0.2, -0.15) is 0 Å². The molecule has 8 heteroatoms. The van der Waals surface area contributed by atoms with E-state index in [0.29, 0.717) is 24.2 Å². The fourth-order valence-corrected chi connectivity index (χ4v) is 2.85. The second kappa shape index (κ2) is 7.47. The summed E-state index contributed by atoms with van der Waals surface area (Å²) in [5.74, 6) is -1.56. The quantitative estimate of drug-likeness (QED) is 0.837. The van der Waals surface area contributed by atoms with E-state index < -0.39 is 11.7 Å². The minimum Gasteiger partial charge on any atom is -0.349 e. The Balaban J connectivity index is 1.64. The normalized spacial score (nSPS) is 16.1. The van der Waals surface area contributed by atoms with Crippen molar-refractivity contribution in [2.24, 2.45) is 0 Å². The Morgan fingerprint density at radius 3 is 2.88 bits per heavy atom. The number of H-pyrrole nitrogens is 1. The number of aryl methyl sites for hydroxylation is 1. The van der Waals surface area contributed by atoms with Crippen LogP contribution in [0.3, 0.4) is 0 Å². The molecule has 1 aliphatic heterocycles. The Labute approximate surface area is 149 Å². The molecular formula is C18H19FN4O3. The van der Waals surface area contributed by atoms with Gasteiger partial charge >= 0.3 is 0 Å². The maximum absolute atomic E-state index is 13.6. The molecule has 2 N–H and O–H groups in total. The zero-order valence-corrected chi connectivity index (χ0v) is 14.3. The summed E-state index contributed by atoms with van der Waals surface area (Å²) in [7, 11) is 0. The molecule has 0 aliphatic carbocycles. The third-order valence-corrected chi connectivity index (χ3v) is 4.40. The molecule has 2 aromatic heterocycles. The Morgan fingerprint density at radius 1 is 1.42 bits per heavy atom. The largest absolute Gasteiger partial charge is 0.349 e. The number of nitrogens with zero attached hydrogens (tertiary/aromatic N) is 2. The molecule has 136 valence electrons. The van der Waals surface area contributed by atoms with Crippen molar-refractivity contribution in [1.82, 2.24) is 20.2 Å². The molecule has 2 amide bonds. The Hall–Kier alpha value is -3.03. The molecule has 0 saturated carbocycles. The predicted molar refractivity (Wildman–Crippen MR) is 92.4 cm³/mol. The lowest BCUT2D eigenvalue weighted by atomic mass is 10.0. The number of hydrogen-bond acceptors (Lipinski definition) is 4. The van der Waals surface area contributed by atoms with Crippen LogP contribution in [-0.2, 0) is 6.42 Å². The van der Waals surface area contributed by atoms with Crippen LogP contribution in [0.4, 0.5) is 4.39 Å². The molecule has 1 saturated heterocycles. The van der Waals surface area contributed by atoms with Crippen molar-refractivity contribution < 1.29 is 14.0 Å². The first-order valence-electron chi connectivity index (χ1n) is 8.42. The van der Waals surface area contributed by atoms with Gasteiger partial charge in [0, 0.05) is 36.6 Å². The number of carbonyl (C=O) groups is 2. The number of aromatic amines is 1. The number of aromatic nitrogens is 2. The summed E-state index contributed by atoms with van der Waals surface area (Å²) in [6, 6.07) is 5.33. The molecule has 3 heterocycles. The molecule has 26 heavy (non-hydrogen) atoms. The minimum atomic E-state index is -0.692. The first-order valence-corrected chi connectivity index (χ1v) is 8.42. The third-order valence-electron chi connectivity index (χ3n) is 4.40. The van der Waals surface area contributed by atoms with Gasteiger partial charge in [0.2, 0.25) is 5.56 Å². The lowest BCUT2D eigenvalue weighted by molar-refractivity contribution is 0.0455. The number of pyridine rings is 2. The van der Waals surface area contributed by atoms with Crippen LogP contribution in [-0.4, -0.2) is 45.8 Å². The minimum absolute atomic E-state index is 0.192. The highest BCUT2D eigenvalue weighted by Crippen LogP contribution is 2.20. The van der Waals surface area contributed by atoms with Crippen LogP contribution in [0.15, 0.2) is 35.3 Å². The Kier molecular flexibility index (Phi) is 5.11. The summed E-state index contributed by atoms with van der Waals surface area (Å²) >= 11 is 0. The van der Waals surface area contributed by atoms with E-state index in [0.717, 1.165) is 6.42 Å². The van der Waals surface area contributed by atoms with Crippen molar-refractivity contribution in [3.05, 3.63) is 63.6 Å². The average molecular weight is 358 g/mol. The van der Waals surface area contributed by atoms with E-state index in [9.17, 15) is 18.8 Å². The number of rotatable bonds is 5. The molecule has 1 aliphatic rings. The molecule has 1 atom stereocenters. The number of hydrogen-bond donors (Lipinski definition) is 2. The van der Waals surface area contributed by atoms with E-state index >= 15 is 0 Å². The smallest absolute Gasteiger partial charge is 0.273 e. The lowest BCUT2D eigenvalue weighted by Crippen LogP contribution is -2.56. The molecule has 0 bridgehead atoms. The number of carbonyl (C=O) groups excluding carboxylic acids is 2. The fourth-order valence-electron chi connectivity index (χ4n) is 2.85. The summed E-state index contributed by atoms with van der Waals surface area (Å²) in [5.41, 5.74) is 0.435. The first-order chi connectivity index (χ1) is 12.5. The van der Waals surface area contributed by atoms with Gasteiger partial charge in [-0.25, -0.2) is 9.37 Å². The molecule has 0 aromatic carbocycles. The molecule has 1 unspecified atom stereocenters. The van der Waals surface area contributed by atoms with E-state index in [2.05, 4.69) is 15.3 Å². The standard InChI is InChI=1S/C18H19FN4O3/c1-2-12-8-11(9-15(24)22-12)18(26)23-7-5-13(23)10-21-17(25)16-14(19)4-3-6-20-16/h3-4,6,8-9,13H,2,5,7,10H2,1H3,(H,21,25)(H,22,24). The number of amides is 2. The van der Waals surface area contributed by atoms with Gasteiger partial charge in [0.1, 0.15) is 0 Å². The maximum Gasteiger partial charge on any atom is 0.273 e. The zero-order chi connectivity index (χ0) is 18.7. The highest BCUT2D eigenvalue weighted by molar-refractivity contribution is 5.95. The van der Waals surface area contributed by atoms with E-state index in [-0.39, 0.29) is 29.7 Å². The van der Waals surface area contributed by atoms with Crippen molar-refractivity contribution >= 4 is 11.8 Å². The zero-order valence-electron chi connectivity index (χ0n) is 14.3. The van der Waals surface area contributed by atoms with Gasteiger partial charge in [-0.15, -0.1) is 0 Å². The van der Waals surface area contributed by atoms with Gasteiger partial charge in [0.05, 0.1) is 6.04 Å². The fraction of sp³-hybridized carbons (Fsp3) is 0.333. The van der Waals surface area contributed by atoms with Crippen LogP contribution in [0.25, 0.3) is 0 Å². The Bertz CT molecular complexity index is 896. The molecule has 1 fully saturated rings. The molecule has 0 spiro atoms. The van der Waals surface area contributed by atoms with Crippen LogP contribution >= 0.6 is 0 Å². The van der Waals surface area contributed by atoms with Crippen molar-refractivity contribution in [2.45, 2.75) is 25.8 Å². The van der Waals surface area contributed by atoms with Crippen LogP contribution in [0, 0.1) is 5.82 Å². The molecular weight excluding hydrogens is 339 g/mol. The van der Waals surface area contributed by atoms with Crippen molar-refractivity contribution in [3.63, 3.8) is 0 Å². The van der Waals surface area contributed by atoms with Crippen LogP contribution in [0.2, 0.25) is 0 Å². The highest BCUT2D eigenvalue weighted by Gasteiger charge is 2.33. The SMILES string of the molecule is CCc1cc(C(=O)N2CCC2CNC(=O)c2ncccc2F)cc(=O)[nH]1. The molecule has 3 rings (SSSR count). The van der Waals surface area contributed by atoms with Crippen LogP contribution < -0.4 is 10.9 Å². The summed E-state index contributed by atoms with van der Waals surface area (Å²) in [6.45, 7) is 2.63. The topological polar surface area (TPSA) is 95.2 Å². The Morgan fingerprint density at radius 2 is 2.23 bits per heavy atom. The second-order valence-electron chi connectivity index (χ2n) is 6.10. The lowest BCUT2D eigenvalue weighted by Gasteiger charge is -2.41. The van der Waals surface area contributed by atoms with Crippen LogP contribution in [0.1, 0.15) is 39.9 Å². The summed E-state index contributed by atoms with van der Waals surface area (Å²) in [6.07, 6.45) is 2.68. The third kappa shape index (κ3) is 3.63. The van der Waals surface area contributed by atoms with E-state index in [4.69, 9.17) is 0 Å². The summed E-state index contributed by atoms with van der Waals surface area (Å²) < 4.78 is 13.6. The summed E-state index contributed by atoms with van der Waals surface area (Å²) in [5, 5.41) is 2.61. The van der Waals surface area contributed by atoms with Gasteiger partial charge in [-0.1, -0.05) is 6.92 Å². The average Bonchev–Trinajstić information content (AvgIpc) is 2.60. The number of halogens is 1. The maximum atomic E-state index is 13.6. The van der Waals surface area contributed by atoms with Crippen molar-refractivity contribution in [3.8, 4) is 0 Å². The van der Waals surface area contributed by atoms with E-state index in [1.54, 1.807) is 11.0 Å². The molecule has 2 aromatic rings. The monoisotopic (exact) mass is 358 g/mol. The molecule has 7 nitrogen and oxygen atoms in total. The van der Waals surface area contributed by atoms with Gasteiger partial charge in [0.15, 0.2) is 11.5 Å². The number of likely N-dealkylation sites (tertiary alicyclic amines) is 1. The van der Waals surface area contributed by atoms with Gasteiger partial charge < -0.3 is 15.2 Å². The van der Waals surface area contributed by atoms with Crippen LogP contribution in [0.5, 0.6) is 0 Å². The number of nitrogens with one attached hydrogen (secondary N) is 2. The predicted octanol–water partition coefficient (Wildman–Crippen LogP) is 1.12. The second-order valence-corrected chi connectivity index (χ2v) is 6.10. The van der Waals surface area contributed by atoms with Crippen molar-refractivity contribution in [1.29, 1.82) is 0 Å². The van der Waals surface area contributed by atoms with E-state index in [1.807, 2.05) is 6.92 Å². The summed E-state index contributed by atoms with van der Waals surface area (Å²) in [4.78, 5) is 44.3. The highest BCUT2D eigenvalue weighted by atomic mass is 19.1. The molecule has 0 radical (unpaired) electrons. The van der Waals surface area contributed by atoms with Crippen molar-refractivity contribution in [2.75, 3.05) is 13.1 Å². The van der Waals surface area contributed by atoms with Gasteiger partial charge in [0.25, 0.3) is 11.8 Å². The van der Waals surface area contributed by atoms with Gasteiger partial charge in [-0.05, 0) is 31.0 Å².